The van der Waals surface area contributed by atoms with Crippen LogP contribution < -0.4 is 10.0 Å². The zero-order valence-corrected chi connectivity index (χ0v) is 21.4. The quantitative estimate of drug-likeness (QED) is 0.441. The van der Waals surface area contributed by atoms with Crippen molar-refractivity contribution >= 4 is 27.4 Å². The van der Waals surface area contributed by atoms with Gasteiger partial charge in [0.15, 0.2) is 10.8 Å². The van der Waals surface area contributed by atoms with Gasteiger partial charge in [0.25, 0.3) is 15.9 Å². The van der Waals surface area contributed by atoms with E-state index in [-0.39, 0.29) is 28.5 Å². The summed E-state index contributed by atoms with van der Waals surface area (Å²) in [6.07, 6.45) is 7.54. The standard InChI is InChI=1S/C26H30FN5O4S/c1-17-24(28-15-18-3-2-4-18)22(16-29-25(17)37(34,35)31-23-11-14-36-30-23)26(33)32-12-9-20(10-13-32)19-5-7-21(27)8-6-19/h5-8,11,14,16,18,20H,2-4,9-10,12-13,15H2,1H3,(H,28,29)(H,30,31). The summed E-state index contributed by atoms with van der Waals surface area (Å²) in [5.41, 5.74) is 2.30. The van der Waals surface area contributed by atoms with Crippen LogP contribution in [-0.4, -0.2) is 49.0 Å². The first-order valence-corrected chi connectivity index (χ1v) is 14.0. The van der Waals surface area contributed by atoms with E-state index in [0.717, 1.165) is 31.2 Å². The number of rotatable bonds is 8. The minimum absolute atomic E-state index is 0.0503. The number of likely N-dealkylation sites (tertiary alicyclic amines) is 1. The van der Waals surface area contributed by atoms with Crippen molar-refractivity contribution in [1.82, 2.24) is 15.0 Å². The van der Waals surface area contributed by atoms with Gasteiger partial charge in [-0.25, -0.2) is 9.37 Å². The third-order valence-corrected chi connectivity index (χ3v) is 8.75. The molecule has 5 rings (SSSR count). The topological polar surface area (TPSA) is 117 Å². The fourth-order valence-corrected chi connectivity index (χ4v) is 6.14. The van der Waals surface area contributed by atoms with Crippen molar-refractivity contribution in [3.63, 3.8) is 0 Å². The Balaban J connectivity index is 1.37. The number of hydrogen-bond donors (Lipinski definition) is 2. The minimum atomic E-state index is -4.05. The largest absolute Gasteiger partial charge is 0.384 e. The van der Waals surface area contributed by atoms with E-state index in [9.17, 15) is 17.6 Å². The molecular weight excluding hydrogens is 497 g/mol. The number of piperidine rings is 1. The summed E-state index contributed by atoms with van der Waals surface area (Å²) in [4.78, 5) is 19.6. The molecule has 1 saturated carbocycles. The van der Waals surface area contributed by atoms with Gasteiger partial charge in [-0.15, -0.1) is 0 Å². The Bertz CT molecular complexity index is 1350. The van der Waals surface area contributed by atoms with E-state index in [2.05, 4.69) is 20.2 Å². The average Bonchev–Trinajstić information content (AvgIpc) is 3.36. The van der Waals surface area contributed by atoms with Crippen molar-refractivity contribution in [3.05, 3.63) is 65.3 Å². The Labute approximate surface area is 215 Å². The van der Waals surface area contributed by atoms with Crippen molar-refractivity contribution in [2.24, 2.45) is 5.92 Å². The van der Waals surface area contributed by atoms with Gasteiger partial charge in [0.2, 0.25) is 0 Å². The SMILES string of the molecule is Cc1c(S(=O)(=O)Nc2ccon2)ncc(C(=O)N2CCC(c3ccc(F)cc3)CC2)c1NCC1CCC1. The van der Waals surface area contributed by atoms with Gasteiger partial charge in [-0.3, -0.25) is 9.52 Å². The smallest absolute Gasteiger partial charge is 0.280 e. The highest BCUT2D eigenvalue weighted by Gasteiger charge is 2.30. The third kappa shape index (κ3) is 5.46. The highest BCUT2D eigenvalue weighted by molar-refractivity contribution is 7.92. The summed E-state index contributed by atoms with van der Waals surface area (Å²) in [6.45, 7) is 3.42. The van der Waals surface area contributed by atoms with Crippen LogP contribution in [-0.2, 0) is 10.0 Å². The lowest BCUT2D eigenvalue weighted by Gasteiger charge is -2.33. The first-order valence-electron chi connectivity index (χ1n) is 12.5. The predicted molar refractivity (Wildman–Crippen MR) is 136 cm³/mol. The summed E-state index contributed by atoms with van der Waals surface area (Å²) in [5.74, 6) is 0.362. The highest BCUT2D eigenvalue weighted by atomic mass is 32.2. The number of amides is 1. The maximum absolute atomic E-state index is 13.6. The van der Waals surface area contributed by atoms with E-state index in [1.165, 1.54) is 37.1 Å². The molecule has 1 saturated heterocycles. The fourth-order valence-electron chi connectivity index (χ4n) is 4.97. The molecule has 196 valence electrons. The number of nitrogens with zero attached hydrogens (tertiary/aromatic N) is 3. The minimum Gasteiger partial charge on any atom is -0.384 e. The molecule has 0 atom stereocenters. The number of aromatic nitrogens is 2. The van der Waals surface area contributed by atoms with Crippen LogP contribution in [0, 0.1) is 18.7 Å². The second kappa shape index (κ2) is 10.5. The summed E-state index contributed by atoms with van der Waals surface area (Å²) >= 11 is 0. The summed E-state index contributed by atoms with van der Waals surface area (Å²) < 4.78 is 46.5. The third-order valence-electron chi connectivity index (χ3n) is 7.35. The molecule has 1 aliphatic heterocycles. The van der Waals surface area contributed by atoms with Gasteiger partial charge in [0, 0.05) is 37.5 Å². The molecule has 2 fully saturated rings. The van der Waals surface area contributed by atoms with Crippen molar-refractivity contribution < 1.29 is 22.1 Å². The molecule has 0 unspecified atom stereocenters. The molecule has 0 radical (unpaired) electrons. The van der Waals surface area contributed by atoms with Crippen molar-refractivity contribution in [3.8, 4) is 0 Å². The first-order chi connectivity index (χ1) is 17.8. The second-order valence-electron chi connectivity index (χ2n) is 9.76. The molecule has 2 aromatic heterocycles. The van der Waals surface area contributed by atoms with Crippen LogP contribution in [0.5, 0.6) is 0 Å². The number of halogens is 1. The number of carbonyl (C=O) groups excluding carboxylic acids is 1. The van der Waals surface area contributed by atoms with Gasteiger partial charge in [0.1, 0.15) is 12.1 Å². The molecule has 37 heavy (non-hydrogen) atoms. The second-order valence-corrected chi connectivity index (χ2v) is 11.4. The molecule has 0 spiro atoms. The summed E-state index contributed by atoms with van der Waals surface area (Å²) in [6, 6.07) is 7.94. The van der Waals surface area contributed by atoms with Crippen LogP contribution in [0.4, 0.5) is 15.9 Å². The molecule has 1 amide bonds. The molecule has 0 bridgehead atoms. The molecular formula is C26H30FN5O4S. The van der Waals surface area contributed by atoms with Gasteiger partial charge in [-0.05, 0) is 62.1 Å². The van der Waals surface area contributed by atoms with Crippen LogP contribution in [0.25, 0.3) is 0 Å². The Morgan fingerprint density at radius 3 is 2.49 bits per heavy atom. The first kappa shape index (κ1) is 25.2. The Morgan fingerprint density at radius 1 is 1.14 bits per heavy atom. The van der Waals surface area contributed by atoms with Gasteiger partial charge in [-0.2, -0.15) is 8.42 Å². The lowest BCUT2D eigenvalue weighted by atomic mass is 9.85. The van der Waals surface area contributed by atoms with E-state index in [1.54, 1.807) is 24.0 Å². The number of benzene rings is 1. The molecule has 2 aliphatic rings. The lowest BCUT2D eigenvalue weighted by molar-refractivity contribution is 0.0713. The van der Waals surface area contributed by atoms with E-state index >= 15 is 0 Å². The Kier molecular flexibility index (Phi) is 7.14. The van der Waals surface area contributed by atoms with Crippen LogP contribution >= 0.6 is 0 Å². The number of anilines is 2. The number of sulfonamides is 1. The highest BCUT2D eigenvalue weighted by Crippen LogP contribution is 2.33. The number of nitrogens with one attached hydrogen (secondary N) is 2. The summed E-state index contributed by atoms with van der Waals surface area (Å²) in [5, 5.41) is 6.81. The Morgan fingerprint density at radius 2 is 1.86 bits per heavy atom. The average molecular weight is 528 g/mol. The van der Waals surface area contributed by atoms with Crippen LogP contribution in [0.3, 0.4) is 0 Å². The number of carbonyl (C=O) groups is 1. The molecule has 3 aromatic rings. The van der Waals surface area contributed by atoms with Gasteiger partial charge in [0.05, 0.1) is 11.3 Å². The molecule has 1 aromatic carbocycles. The van der Waals surface area contributed by atoms with Gasteiger partial charge in [-0.1, -0.05) is 23.7 Å². The number of pyridine rings is 1. The lowest BCUT2D eigenvalue weighted by Crippen LogP contribution is -2.38. The Hall–Kier alpha value is -3.47. The van der Waals surface area contributed by atoms with Crippen LogP contribution in [0.15, 0.2) is 52.3 Å². The zero-order chi connectivity index (χ0) is 26.0. The van der Waals surface area contributed by atoms with E-state index < -0.39 is 10.0 Å². The normalized spacial score (nSPS) is 16.9. The van der Waals surface area contributed by atoms with E-state index in [0.29, 0.717) is 42.4 Å². The van der Waals surface area contributed by atoms with E-state index in [1.807, 2.05) is 0 Å². The summed E-state index contributed by atoms with van der Waals surface area (Å²) in [7, 11) is -4.05. The van der Waals surface area contributed by atoms with Crippen molar-refractivity contribution in [2.45, 2.75) is 50.0 Å². The van der Waals surface area contributed by atoms with Crippen LogP contribution in [0.2, 0.25) is 0 Å². The maximum atomic E-state index is 13.6. The molecule has 1 aliphatic carbocycles. The molecule has 11 heteroatoms. The van der Waals surface area contributed by atoms with Crippen LogP contribution in [0.1, 0.15) is 59.5 Å². The molecule has 3 heterocycles. The predicted octanol–water partition coefficient (Wildman–Crippen LogP) is 4.55. The van der Waals surface area contributed by atoms with E-state index in [4.69, 9.17) is 4.52 Å². The molecule has 2 N–H and O–H groups in total. The zero-order valence-electron chi connectivity index (χ0n) is 20.6. The van der Waals surface area contributed by atoms with Crippen molar-refractivity contribution in [1.29, 1.82) is 0 Å². The maximum Gasteiger partial charge on any atom is 0.280 e. The van der Waals surface area contributed by atoms with Crippen molar-refractivity contribution in [2.75, 3.05) is 29.7 Å². The number of hydrogen-bond acceptors (Lipinski definition) is 7. The molecule has 9 nitrogen and oxygen atoms in total. The van der Waals surface area contributed by atoms with Gasteiger partial charge < -0.3 is 14.7 Å². The van der Waals surface area contributed by atoms with Gasteiger partial charge >= 0.3 is 0 Å². The fraction of sp³-hybridized carbons (Fsp3) is 0.423. The monoisotopic (exact) mass is 527 g/mol.